The number of ether oxygens (including phenoxy) is 2. The largest absolute Gasteiger partial charge is 0.381 e. The fourth-order valence-corrected chi connectivity index (χ4v) is 3.75. The number of nitrogens with one attached hydrogen (secondary N) is 1. The zero-order chi connectivity index (χ0) is 19.0. The summed E-state index contributed by atoms with van der Waals surface area (Å²) in [4.78, 5) is 7.33. The van der Waals surface area contributed by atoms with Gasteiger partial charge >= 0.3 is 0 Å². The molecule has 0 atom stereocenters. The summed E-state index contributed by atoms with van der Waals surface area (Å²) in [7, 11) is 1.80. The van der Waals surface area contributed by atoms with Gasteiger partial charge in [-0.3, -0.25) is 4.99 Å². The van der Waals surface area contributed by atoms with Crippen LogP contribution in [0.2, 0.25) is 0 Å². The standard InChI is InChI=1S/C22H33N3O2.HI/c1-3-23-21(24-18-22(26-2)11-15-27-16-12-22)25-13-9-20(10-14-25)17-19-7-5-4-6-8-19;/h4-8,17H,3,9-16,18H2,1-2H3,(H,23,24);1H. The monoisotopic (exact) mass is 499 g/mol. The van der Waals surface area contributed by atoms with Crippen molar-refractivity contribution in [1.29, 1.82) is 0 Å². The highest BCUT2D eigenvalue weighted by molar-refractivity contribution is 14.0. The van der Waals surface area contributed by atoms with Crippen LogP contribution in [0.15, 0.2) is 40.9 Å². The first kappa shape index (κ1) is 23.2. The normalized spacial score (nSPS) is 19.7. The fourth-order valence-electron chi connectivity index (χ4n) is 3.75. The molecule has 0 unspecified atom stereocenters. The topological polar surface area (TPSA) is 46.1 Å². The van der Waals surface area contributed by atoms with E-state index < -0.39 is 0 Å². The van der Waals surface area contributed by atoms with Crippen LogP contribution in [0.1, 0.15) is 38.2 Å². The lowest BCUT2D eigenvalue weighted by Crippen LogP contribution is -2.47. The minimum absolute atomic E-state index is 0. The molecule has 2 fully saturated rings. The van der Waals surface area contributed by atoms with E-state index in [1.807, 2.05) is 0 Å². The molecule has 0 bridgehead atoms. The Morgan fingerprint density at radius 2 is 1.89 bits per heavy atom. The first-order chi connectivity index (χ1) is 13.2. The van der Waals surface area contributed by atoms with Crippen molar-refractivity contribution in [3.63, 3.8) is 0 Å². The van der Waals surface area contributed by atoms with E-state index >= 15 is 0 Å². The zero-order valence-corrected chi connectivity index (χ0v) is 19.5. The van der Waals surface area contributed by atoms with Crippen molar-refractivity contribution in [2.45, 2.75) is 38.2 Å². The second-order valence-corrected chi connectivity index (χ2v) is 7.37. The van der Waals surface area contributed by atoms with Crippen molar-refractivity contribution in [3.8, 4) is 0 Å². The van der Waals surface area contributed by atoms with Gasteiger partial charge in [0.05, 0.1) is 12.1 Å². The van der Waals surface area contributed by atoms with E-state index in [0.717, 1.165) is 64.5 Å². The highest BCUT2D eigenvalue weighted by atomic mass is 127. The summed E-state index contributed by atoms with van der Waals surface area (Å²) in [5.41, 5.74) is 2.64. The Labute approximate surface area is 186 Å². The Morgan fingerprint density at radius 3 is 2.50 bits per heavy atom. The van der Waals surface area contributed by atoms with Gasteiger partial charge in [0, 0.05) is 52.8 Å². The third-order valence-corrected chi connectivity index (χ3v) is 5.56. The first-order valence-electron chi connectivity index (χ1n) is 10.2. The molecule has 156 valence electrons. The van der Waals surface area contributed by atoms with E-state index in [1.165, 1.54) is 11.1 Å². The number of nitrogens with zero attached hydrogens (tertiary/aromatic N) is 2. The highest BCUT2D eigenvalue weighted by Crippen LogP contribution is 2.25. The van der Waals surface area contributed by atoms with Gasteiger partial charge in [-0.1, -0.05) is 42.0 Å². The SMILES string of the molecule is CCNC(=NCC1(OC)CCOCC1)N1CCC(=Cc2ccccc2)CC1.I. The third-order valence-electron chi connectivity index (χ3n) is 5.56. The number of aliphatic imine (C=N–C) groups is 1. The van der Waals surface area contributed by atoms with Crippen molar-refractivity contribution in [2.24, 2.45) is 4.99 Å². The van der Waals surface area contributed by atoms with Crippen LogP contribution in [0.25, 0.3) is 6.08 Å². The molecule has 1 N–H and O–H groups in total. The van der Waals surface area contributed by atoms with Crippen molar-refractivity contribution in [1.82, 2.24) is 10.2 Å². The number of hydrogen-bond donors (Lipinski definition) is 1. The Hall–Kier alpha value is -1.12. The van der Waals surface area contributed by atoms with Crippen LogP contribution in [0.3, 0.4) is 0 Å². The number of piperidine rings is 1. The predicted molar refractivity (Wildman–Crippen MR) is 126 cm³/mol. The third kappa shape index (κ3) is 6.46. The number of hydrogen-bond acceptors (Lipinski definition) is 3. The Kier molecular flexibility index (Phi) is 9.74. The molecule has 0 saturated carbocycles. The van der Waals surface area contributed by atoms with Gasteiger partial charge in [0.15, 0.2) is 5.96 Å². The second kappa shape index (κ2) is 11.8. The van der Waals surface area contributed by atoms with Crippen LogP contribution in [-0.2, 0) is 9.47 Å². The van der Waals surface area contributed by atoms with Gasteiger partial charge in [0.25, 0.3) is 0 Å². The van der Waals surface area contributed by atoms with E-state index in [-0.39, 0.29) is 29.6 Å². The van der Waals surface area contributed by atoms with E-state index in [4.69, 9.17) is 14.5 Å². The number of likely N-dealkylation sites (tertiary alicyclic amines) is 1. The number of methoxy groups -OCH3 is 1. The minimum Gasteiger partial charge on any atom is -0.381 e. The van der Waals surface area contributed by atoms with Crippen LogP contribution < -0.4 is 5.32 Å². The number of rotatable bonds is 5. The van der Waals surface area contributed by atoms with Crippen LogP contribution in [-0.4, -0.2) is 63.0 Å². The van der Waals surface area contributed by atoms with Gasteiger partial charge in [-0.2, -0.15) is 0 Å². The quantitative estimate of drug-likeness (QED) is 0.379. The minimum atomic E-state index is -0.174. The first-order valence-corrected chi connectivity index (χ1v) is 10.2. The van der Waals surface area contributed by atoms with Crippen LogP contribution in [0, 0.1) is 0 Å². The summed E-state index contributed by atoms with van der Waals surface area (Å²) in [6, 6.07) is 10.6. The molecule has 2 aliphatic heterocycles. The van der Waals surface area contributed by atoms with Crippen LogP contribution in [0.4, 0.5) is 0 Å². The van der Waals surface area contributed by atoms with Crippen LogP contribution >= 0.6 is 24.0 Å². The number of guanidine groups is 1. The lowest BCUT2D eigenvalue weighted by Gasteiger charge is -2.36. The number of benzene rings is 1. The van der Waals surface area contributed by atoms with E-state index in [2.05, 4.69) is 53.5 Å². The van der Waals surface area contributed by atoms with E-state index in [0.29, 0.717) is 6.54 Å². The second-order valence-electron chi connectivity index (χ2n) is 7.37. The number of halogens is 1. The smallest absolute Gasteiger partial charge is 0.194 e. The maximum absolute atomic E-state index is 5.84. The van der Waals surface area contributed by atoms with Gasteiger partial charge in [-0.25, -0.2) is 0 Å². The molecule has 1 aromatic rings. The molecule has 6 heteroatoms. The highest BCUT2D eigenvalue weighted by Gasteiger charge is 2.32. The van der Waals surface area contributed by atoms with Gasteiger partial charge in [-0.15, -0.1) is 24.0 Å². The van der Waals surface area contributed by atoms with Gasteiger partial charge in [-0.05, 0) is 25.3 Å². The molecule has 0 spiro atoms. The molecule has 2 saturated heterocycles. The molecule has 3 rings (SSSR count). The summed E-state index contributed by atoms with van der Waals surface area (Å²) in [5, 5.41) is 3.47. The average molecular weight is 499 g/mol. The average Bonchev–Trinajstić information content (AvgIpc) is 2.73. The summed E-state index contributed by atoms with van der Waals surface area (Å²) < 4.78 is 11.3. The maximum Gasteiger partial charge on any atom is 0.194 e. The fraction of sp³-hybridized carbons (Fsp3) is 0.591. The molecule has 1 aromatic carbocycles. The lowest BCUT2D eigenvalue weighted by molar-refractivity contribution is -0.0829. The Bertz CT molecular complexity index is 632. The van der Waals surface area contributed by atoms with Crippen molar-refractivity contribution < 1.29 is 9.47 Å². The molecule has 0 aliphatic carbocycles. The van der Waals surface area contributed by atoms with E-state index in [1.54, 1.807) is 7.11 Å². The molecule has 2 aliphatic rings. The predicted octanol–water partition coefficient (Wildman–Crippen LogP) is 3.94. The molecule has 2 heterocycles. The molecule has 5 nitrogen and oxygen atoms in total. The zero-order valence-electron chi connectivity index (χ0n) is 17.2. The summed E-state index contributed by atoms with van der Waals surface area (Å²) in [5.74, 6) is 1.01. The maximum atomic E-state index is 5.84. The van der Waals surface area contributed by atoms with Crippen molar-refractivity contribution in [3.05, 3.63) is 41.5 Å². The van der Waals surface area contributed by atoms with Crippen molar-refractivity contribution >= 4 is 36.0 Å². The van der Waals surface area contributed by atoms with Gasteiger partial charge in [0.2, 0.25) is 0 Å². The van der Waals surface area contributed by atoms with E-state index in [9.17, 15) is 0 Å². The summed E-state index contributed by atoms with van der Waals surface area (Å²) in [6.07, 6.45) is 6.33. The van der Waals surface area contributed by atoms with Crippen molar-refractivity contribution in [2.75, 3.05) is 46.5 Å². The molecule has 28 heavy (non-hydrogen) atoms. The molecule has 0 aromatic heterocycles. The van der Waals surface area contributed by atoms with Gasteiger partial charge < -0.3 is 19.7 Å². The summed E-state index contributed by atoms with van der Waals surface area (Å²) in [6.45, 7) is 7.24. The lowest BCUT2D eigenvalue weighted by atomic mass is 9.94. The molecule has 0 radical (unpaired) electrons. The van der Waals surface area contributed by atoms with Crippen LogP contribution in [0.5, 0.6) is 0 Å². The molecule has 0 amide bonds. The van der Waals surface area contributed by atoms with Gasteiger partial charge in [0.1, 0.15) is 0 Å². The molecular formula is C22H34IN3O2. The Morgan fingerprint density at radius 1 is 1.21 bits per heavy atom. The summed E-state index contributed by atoms with van der Waals surface area (Å²) >= 11 is 0. The molecular weight excluding hydrogens is 465 g/mol. The Balaban J connectivity index is 0.00000280.